The number of nitrogens with zero attached hydrogens (tertiary/aromatic N) is 1. The lowest BCUT2D eigenvalue weighted by atomic mass is 10.1. The quantitative estimate of drug-likeness (QED) is 0.425. The number of furan rings is 1. The molecule has 0 atom stereocenters. The van der Waals surface area contributed by atoms with Gasteiger partial charge in [-0.1, -0.05) is 41.4 Å². The molecule has 0 spiro atoms. The fourth-order valence-corrected chi connectivity index (χ4v) is 2.72. The maximum Gasteiger partial charge on any atom is 0.416 e. The molecule has 1 heterocycles. The topological polar surface area (TPSA) is 36.9 Å². The molecule has 2 nitrogen and oxygen atoms in total. The van der Waals surface area contributed by atoms with Crippen LogP contribution in [0.5, 0.6) is 0 Å². The van der Waals surface area contributed by atoms with Crippen LogP contribution in [0, 0.1) is 11.3 Å². The number of halogens is 5. The Kier molecular flexibility index (Phi) is 5.31. The summed E-state index contributed by atoms with van der Waals surface area (Å²) in [6.07, 6.45) is -2.95. The third kappa shape index (κ3) is 4.36. The van der Waals surface area contributed by atoms with Crippen molar-refractivity contribution in [3.8, 4) is 17.4 Å². The summed E-state index contributed by atoms with van der Waals surface area (Å²) in [4.78, 5) is 0. The van der Waals surface area contributed by atoms with Crippen LogP contribution < -0.4 is 0 Å². The van der Waals surface area contributed by atoms with Gasteiger partial charge in [0.15, 0.2) is 0 Å². The van der Waals surface area contributed by atoms with Gasteiger partial charge < -0.3 is 4.42 Å². The average molecular weight is 408 g/mol. The molecule has 27 heavy (non-hydrogen) atoms. The van der Waals surface area contributed by atoms with Crippen LogP contribution >= 0.6 is 23.2 Å². The second-order valence-corrected chi connectivity index (χ2v) is 6.39. The summed E-state index contributed by atoms with van der Waals surface area (Å²) in [6, 6.07) is 14.8. The van der Waals surface area contributed by atoms with Crippen LogP contribution in [0.1, 0.15) is 16.9 Å². The Morgan fingerprint density at radius 1 is 1.00 bits per heavy atom. The van der Waals surface area contributed by atoms with Crippen molar-refractivity contribution in [3.05, 3.63) is 81.5 Å². The zero-order valence-corrected chi connectivity index (χ0v) is 15.0. The van der Waals surface area contributed by atoms with Gasteiger partial charge in [0.2, 0.25) is 0 Å². The molecule has 0 aliphatic heterocycles. The van der Waals surface area contributed by atoms with Gasteiger partial charge >= 0.3 is 6.18 Å². The highest BCUT2D eigenvalue weighted by molar-refractivity contribution is 6.42. The Morgan fingerprint density at radius 3 is 2.44 bits per heavy atom. The Bertz CT molecular complexity index is 1060. The molecule has 0 radical (unpaired) electrons. The van der Waals surface area contributed by atoms with E-state index in [1.54, 1.807) is 30.3 Å². The molecule has 3 aromatic rings. The van der Waals surface area contributed by atoms with Crippen molar-refractivity contribution in [1.82, 2.24) is 0 Å². The fraction of sp³-hybridized carbons (Fsp3) is 0.0500. The van der Waals surface area contributed by atoms with Crippen LogP contribution in [0.4, 0.5) is 13.2 Å². The van der Waals surface area contributed by atoms with Gasteiger partial charge in [0.05, 0.1) is 27.3 Å². The summed E-state index contributed by atoms with van der Waals surface area (Å²) < 4.78 is 44.2. The number of alkyl halides is 3. The Hall–Kier alpha value is -2.68. The molecule has 0 amide bonds. The second kappa shape index (κ2) is 7.51. The van der Waals surface area contributed by atoms with Crippen molar-refractivity contribution in [2.45, 2.75) is 6.18 Å². The molecule has 0 unspecified atom stereocenters. The summed E-state index contributed by atoms with van der Waals surface area (Å²) >= 11 is 11.8. The molecule has 2 aromatic carbocycles. The van der Waals surface area contributed by atoms with Crippen molar-refractivity contribution in [1.29, 1.82) is 5.26 Å². The number of rotatable bonds is 3. The largest absolute Gasteiger partial charge is 0.457 e. The minimum absolute atomic E-state index is 0.263. The van der Waals surface area contributed by atoms with Crippen LogP contribution in [0.2, 0.25) is 10.0 Å². The van der Waals surface area contributed by atoms with Gasteiger partial charge in [-0.15, -0.1) is 0 Å². The monoisotopic (exact) mass is 407 g/mol. The van der Waals surface area contributed by atoms with E-state index in [2.05, 4.69) is 0 Å². The molecule has 0 fully saturated rings. The number of hydrogen-bond acceptors (Lipinski definition) is 2. The number of allylic oxidation sites excluding steroid dienone is 1. The third-order valence-corrected chi connectivity index (χ3v) is 4.48. The van der Waals surface area contributed by atoms with Gasteiger partial charge in [0.1, 0.15) is 11.5 Å². The first-order valence-corrected chi connectivity index (χ1v) is 8.38. The van der Waals surface area contributed by atoms with Gasteiger partial charge in [-0.2, -0.15) is 18.4 Å². The minimum atomic E-state index is -4.44. The van der Waals surface area contributed by atoms with Gasteiger partial charge in [-0.3, -0.25) is 0 Å². The van der Waals surface area contributed by atoms with E-state index in [9.17, 15) is 18.4 Å². The highest BCUT2D eigenvalue weighted by Crippen LogP contribution is 2.33. The van der Waals surface area contributed by atoms with Crippen LogP contribution in [0.15, 0.2) is 59.0 Å². The predicted octanol–water partition coefficient (Wildman–Crippen LogP) is 7.34. The molecule has 0 N–H and O–H groups in total. The normalized spacial score (nSPS) is 12.1. The van der Waals surface area contributed by atoms with E-state index in [4.69, 9.17) is 27.6 Å². The Labute approximate surface area is 163 Å². The van der Waals surface area contributed by atoms with Gasteiger partial charge in [0, 0.05) is 5.56 Å². The Balaban J connectivity index is 1.94. The highest BCUT2D eigenvalue weighted by atomic mass is 35.5. The second-order valence-electron chi connectivity index (χ2n) is 5.58. The SMILES string of the molecule is N#C/C(=C/c1ccc(-c2cccc(C(F)(F)F)c2)o1)c1ccc(Cl)c(Cl)c1. The zero-order valence-electron chi connectivity index (χ0n) is 13.5. The van der Waals surface area contributed by atoms with E-state index >= 15 is 0 Å². The summed E-state index contributed by atoms with van der Waals surface area (Å²) in [7, 11) is 0. The smallest absolute Gasteiger partial charge is 0.416 e. The zero-order chi connectivity index (χ0) is 19.6. The van der Waals surface area contributed by atoms with Crippen molar-refractivity contribution in [3.63, 3.8) is 0 Å². The van der Waals surface area contributed by atoms with Crippen molar-refractivity contribution >= 4 is 34.9 Å². The molecule has 0 aliphatic rings. The highest BCUT2D eigenvalue weighted by Gasteiger charge is 2.30. The summed E-state index contributed by atoms with van der Waals surface area (Å²) in [6.45, 7) is 0. The van der Waals surface area contributed by atoms with Crippen LogP contribution in [-0.4, -0.2) is 0 Å². The molecule has 0 aliphatic carbocycles. The molecule has 0 saturated heterocycles. The van der Waals surface area contributed by atoms with Gasteiger partial charge in [-0.05, 0) is 48.0 Å². The van der Waals surface area contributed by atoms with Gasteiger partial charge in [-0.25, -0.2) is 0 Å². The number of hydrogen-bond donors (Lipinski definition) is 0. The predicted molar refractivity (Wildman–Crippen MR) is 99.1 cm³/mol. The minimum Gasteiger partial charge on any atom is -0.457 e. The summed E-state index contributed by atoms with van der Waals surface area (Å²) in [5.74, 6) is 0.587. The van der Waals surface area contributed by atoms with E-state index in [-0.39, 0.29) is 16.9 Å². The van der Waals surface area contributed by atoms with E-state index in [1.165, 1.54) is 18.2 Å². The fourth-order valence-electron chi connectivity index (χ4n) is 2.42. The first-order valence-electron chi connectivity index (χ1n) is 7.62. The molecule has 136 valence electrons. The summed E-state index contributed by atoms with van der Waals surface area (Å²) in [5, 5.41) is 10.1. The van der Waals surface area contributed by atoms with Crippen LogP contribution in [-0.2, 0) is 6.18 Å². The lowest BCUT2D eigenvalue weighted by molar-refractivity contribution is -0.137. The molecular formula is C20H10Cl2F3NO. The van der Waals surface area contributed by atoms with Gasteiger partial charge in [0.25, 0.3) is 0 Å². The molecular weight excluding hydrogens is 398 g/mol. The molecule has 0 bridgehead atoms. The van der Waals surface area contributed by atoms with Crippen molar-refractivity contribution in [2.75, 3.05) is 0 Å². The van der Waals surface area contributed by atoms with E-state index < -0.39 is 11.7 Å². The lowest BCUT2D eigenvalue weighted by Gasteiger charge is -2.07. The number of nitriles is 1. The van der Waals surface area contributed by atoms with Crippen molar-refractivity contribution in [2.24, 2.45) is 0 Å². The van der Waals surface area contributed by atoms with E-state index in [0.717, 1.165) is 12.1 Å². The van der Waals surface area contributed by atoms with E-state index in [0.29, 0.717) is 21.4 Å². The maximum absolute atomic E-state index is 12.9. The first-order chi connectivity index (χ1) is 12.8. The average Bonchev–Trinajstić information content (AvgIpc) is 3.10. The van der Waals surface area contributed by atoms with Crippen molar-refractivity contribution < 1.29 is 17.6 Å². The number of benzene rings is 2. The standard InChI is InChI=1S/C20H10Cl2F3NO/c21-17-6-4-12(10-18(17)22)14(11-26)9-16-5-7-19(27-16)13-2-1-3-15(8-13)20(23,24)25/h1-10H/b14-9-. The molecule has 0 saturated carbocycles. The molecule has 3 rings (SSSR count). The Morgan fingerprint density at radius 2 is 1.78 bits per heavy atom. The van der Waals surface area contributed by atoms with E-state index in [1.807, 2.05) is 6.07 Å². The lowest BCUT2D eigenvalue weighted by Crippen LogP contribution is -2.04. The summed E-state index contributed by atoms with van der Waals surface area (Å²) in [5.41, 5.74) is 0.349. The first kappa shape index (κ1) is 19.1. The molecule has 1 aromatic heterocycles. The maximum atomic E-state index is 12.9. The molecule has 7 heteroatoms. The van der Waals surface area contributed by atoms with Crippen LogP contribution in [0.3, 0.4) is 0 Å². The third-order valence-electron chi connectivity index (χ3n) is 3.74. The van der Waals surface area contributed by atoms with Crippen LogP contribution in [0.25, 0.3) is 23.0 Å².